The van der Waals surface area contributed by atoms with Crippen LogP contribution in [0.5, 0.6) is 0 Å². The zero-order valence-electron chi connectivity index (χ0n) is 15.2. The first-order valence-corrected chi connectivity index (χ1v) is 8.97. The van der Waals surface area contributed by atoms with Gasteiger partial charge in [0.25, 0.3) is 0 Å². The maximum absolute atomic E-state index is 8.89. The summed E-state index contributed by atoms with van der Waals surface area (Å²) in [6, 6.07) is 17.3. The third-order valence-electron chi connectivity index (χ3n) is 4.35. The third-order valence-corrected chi connectivity index (χ3v) is 4.35. The zero-order valence-corrected chi connectivity index (χ0v) is 15.2. The smallest absolute Gasteiger partial charge is 0.249 e. The van der Waals surface area contributed by atoms with Crippen molar-refractivity contribution >= 4 is 28.8 Å². The van der Waals surface area contributed by atoms with E-state index in [2.05, 4.69) is 42.9 Å². The first-order valence-electron chi connectivity index (χ1n) is 8.97. The molecule has 1 aromatic heterocycles. The number of benzene rings is 2. The van der Waals surface area contributed by atoms with Crippen molar-refractivity contribution < 1.29 is 4.74 Å². The largest absolute Gasteiger partial charge is 0.378 e. The van der Waals surface area contributed by atoms with Crippen molar-refractivity contribution in [3.8, 4) is 6.07 Å². The lowest BCUT2D eigenvalue weighted by atomic mass is 10.2. The highest BCUT2D eigenvalue weighted by molar-refractivity contribution is 5.73. The van der Waals surface area contributed by atoms with Crippen LogP contribution in [0.2, 0.25) is 0 Å². The number of morpholine rings is 1. The number of ether oxygens (including phenoxy) is 1. The molecule has 8 heteroatoms. The summed E-state index contributed by atoms with van der Waals surface area (Å²) in [6.45, 7) is 3.13. The van der Waals surface area contributed by atoms with Crippen molar-refractivity contribution in [3.05, 3.63) is 60.3 Å². The highest BCUT2D eigenvalue weighted by atomic mass is 16.5. The molecule has 0 saturated carbocycles. The SMILES string of the molecule is N#Cc1ccc(Nc2cnnc(Nc3ccccc3N3CCOCC3)n2)cc1. The van der Waals surface area contributed by atoms with Gasteiger partial charge in [-0.2, -0.15) is 15.3 Å². The molecule has 1 fully saturated rings. The van der Waals surface area contributed by atoms with Crippen LogP contribution in [-0.2, 0) is 4.74 Å². The quantitative estimate of drug-likeness (QED) is 0.704. The van der Waals surface area contributed by atoms with Gasteiger partial charge in [-0.3, -0.25) is 0 Å². The number of anilines is 5. The van der Waals surface area contributed by atoms with Crippen LogP contribution in [0.15, 0.2) is 54.7 Å². The summed E-state index contributed by atoms with van der Waals surface area (Å²) in [4.78, 5) is 6.76. The van der Waals surface area contributed by atoms with Gasteiger partial charge >= 0.3 is 0 Å². The van der Waals surface area contributed by atoms with Crippen molar-refractivity contribution in [1.82, 2.24) is 15.2 Å². The van der Waals surface area contributed by atoms with Crippen molar-refractivity contribution in [2.75, 3.05) is 41.8 Å². The van der Waals surface area contributed by atoms with Gasteiger partial charge in [0.05, 0.1) is 42.4 Å². The molecule has 140 valence electrons. The number of nitrogens with zero attached hydrogens (tertiary/aromatic N) is 5. The third kappa shape index (κ3) is 4.16. The van der Waals surface area contributed by atoms with E-state index in [-0.39, 0.29) is 0 Å². The highest BCUT2D eigenvalue weighted by Crippen LogP contribution is 2.28. The summed E-state index contributed by atoms with van der Waals surface area (Å²) >= 11 is 0. The van der Waals surface area contributed by atoms with Gasteiger partial charge in [-0.25, -0.2) is 0 Å². The van der Waals surface area contributed by atoms with Crippen molar-refractivity contribution in [3.63, 3.8) is 0 Å². The van der Waals surface area contributed by atoms with E-state index in [9.17, 15) is 0 Å². The Bertz CT molecular complexity index is 978. The minimum absolute atomic E-state index is 0.402. The van der Waals surface area contributed by atoms with Crippen LogP contribution >= 0.6 is 0 Å². The summed E-state index contributed by atoms with van der Waals surface area (Å²) in [6.07, 6.45) is 1.55. The molecule has 0 unspecified atom stereocenters. The second-order valence-electron chi connectivity index (χ2n) is 6.22. The molecule has 0 amide bonds. The van der Waals surface area contributed by atoms with Crippen molar-refractivity contribution in [1.29, 1.82) is 5.26 Å². The maximum Gasteiger partial charge on any atom is 0.249 e. The van der Waals surface area contributed by atoms with E-state index in [1.54, 1.807) is 18.3 Å². The Kier molecular flexibility index (Phi) is 5.26. The fourth-order valence-corrected chi connectivity index (χ4v) is 2.97. The lowest BCUT2D eigenvalue weighted by Gasteiger charge is -2.30. The van der Waals surface area contributed by atoms with Crippen LogP contribution in [0.1, 0.15) is 5.56 Å². The van der Waals surface area contributed by atoms with Crippen LogP contribution < -0.4 is 15.5 Å². The Labute approximate surface area is 162 Å². The van der Waals surface area contributed by atoms with Gasteiger partial charge < -0.3 is 20.3 Å². The van der Waals surface area contributed by atoms with E-state index in [0.29, 0.717) is 17.3 Å². The molecule has 1 saturated heterocycles. The molecule has 1 aliphatic heterocycles. The molecule has 0 radical (unpaired) electrons. The minimum atomic E-state index is 0.402. The van der Waals surface area contributed by atoms with Crippen molar-refractivity contribution in [2.24, 2.45) is 0 Å². The van der Waals surface area contributed by atoms with E-state index in [0.717, 1.165) is 43.4 Å². The number of nitrogens with one attached hydrogen (secondary N) is 2. The van der Waals surface area contributed by atoms with Gasteiger partial charge in [0, 0.05) is 18.8 Å². The zero-order chi connectivity index (χ0) is 19.2. The van der Waals surface area contributed by atoms with Crippen molar-refractivity contribution in [2.45, 2.75) is 0 Å². The van der Waals surface area contributed by atoms with E-state index in [1.165, 1.54) is 0 Å². The molecule has 1 aliphatic rings. The lowest BCUT2D eigenvalue weighted by molar-refractivity contribution is 0.123. The molecule has 0 spiro atoms. The van der Waals surface area contributed by atoms with Crippen LogP contribution in [0.3, 0.4) is 0 Å². The number of nitriles is 1. The molecule has 0 bridgehead atoms. The predicted molar refractivity (Wildman–Crippen MR) is 107 cm³/mol. The lowest BCUT2D eigenvalue weighted by Crippen LogP contribution is -2.36. The molecular formula is C20H19N7O. The fraction of sp³-hybridized carbons (Fsp3) is 0.200. The van der Waals surface area contributed by atoms with E-state index in [1.807, 2.05) is 30.3 Å². The molecular weight excluding hydrogens is 354 g/mol. The Morgan fingerprint density at radius 1 is 1.00 bits per heavy atom. The van der Waals surface area contributed by atoms with Gasteiger partial charge in [-0.05, 0) is 36.4 Å². The number of aromatic nitrogens is 3. The molecule has 28 heavy (non-hydrogen) atoms. The predicted octanol–water partition coefficient (Wildman–Crippen LogP) is 3.07. The Hall–Kier alpha value is -3.70. The summed E-state index contributed by atoms with van der Waals surface area (Å²) in [5.74, 6) is 0.963. The molecule has 0 atom stereocenters. The number of para-hydroxylation sites is 2. The average Bonchev–Trinajstić information content (AvgIpc) is 2.76. The Morgan fingerprint density at radius 2 is 1.79 bits per heavy atom. The fourth-order valence-electron chi connectivity index (χ4n) is 2.97. The van der Waals surface area contributed by atoms with E-state index in [4.69, 9.17) is 10.00 Å². The van der Waals surface area contributed by atoms with Gasteiger partial charge in [0.1, 0.15) is 0 Å². The minimum Gasteiger partial charge on any atom is -0.378 e. The summed E-state index contributed by atoms with van der Waals surface area (Å²) in [7, 11) is 0. The second-order valence-corrected chi connectivity index (χ2v) is 6.22. The first-order chi connectivity index (χ1) is 13.8. The monoisotopic (exact) mass is 373 g/mol. The Balaban J connectivity index is 1.51. The molecule has 2 N–H and O–H groups in total. The molecule has 4 rings (SSSR count). The van der Waals surface area contributed by atoms with Crippen LogP contribution in [-0.4, -0.2) is 41.5 Å². The van der Waals surface area contributed by atoms with E-state index >= 15 is 0 Å². The molecule has 2 heterocycles. The topological polar surface area (TPSA) is 99.0 Å². The van der Waals surface area contributed by atoms with Crippen LogP contribution in [0, 0.1) is 11.3 Å². The van der Waals surface area contributed by atoms with Gasteiger partial charge in [0.15, 0.2) is 5.82 Å². The molecule has 3 aromatic rings. The summed E-state index contributed by atoms with van der Waals surface area (Å²) < 4.78 is 5.44. The summed E-state index contributed by atoms with van der Waals surface area (Å²) in [5, 5.41) is 23.4. The van der Waals surface area contributed by atoms with Crippen LogP contribution in [0.4, 0.5) is 28.8 Å². The van der Waals surface area contributed by atoms with Gasteiger partial charge in [-0.1, -0.05) is 12.1 Å². The Morgan fingerprint density at radius 3 is 2.57 bits per heavy atom. The molecule has 0 aliphatic carbocycles. The molecule has 8 nitrogen and oxygen atoms in total. The highest BCUT2D eigenvalue weighted by Gasteiger charge is 2.15. The standard InChI is InChI=1S/C20H19N7O/c21-13-15-5-7-16(8-6-15)23-19-14-22-26-20(25-19)24-17-3-1-2-4-18(17)27-9-11-28-12-10-27/h1-8,14H,9-12H2,(H2,23,24,25,26). The van der Waals surface area contributed by atoms with E-state index < -0.39 is 0 Å². The van der Waals surface area contributed by atoms with Crippen LogP contribution in [0.25, 0.3) is 0 Å². The summed E-state index contributed by atoms with van der Waals surface area (Å²) in [5.41, 5.74) is 3.43. The van der Waals surface area contributed by atoms with Gasteiger partial charge in [0.2, 0.25) is 5.95 Å². The second kappa shape index (κ2) is 8.33. The normalized spacial score (nSPS) is 13.6. The average molecular weight is 373 g/mol. The van der Waals surface area contributed by atoms with Gasteiger partial charge in [-0.15, -0.1) is 5.10 Å². The number of hydrogen-bond donors (Lipinski definition) is 2. The first kappa shape index (κ1) is 17.7. The maximum atomic E-state index is 8.89. The number of hydrogen-bond acceptors (Lipinski definition) is 8. The number of rotatable bonds is 5. The molecule has 2 aromatic carbocycles.